The van der Waals surface area contributed by atoms with Crippen LogP contribution in [0.4, 0.5) is 13.2 Å². The third kappa shape index (κ3) is 4.98. The maximum atomic E-state index is 15.4. The molecule has 1 aliphatic heterocycles. The van der Waals surface area contributed by atoms with Crippen molar-refractivity contribution in [3.63, 3.8) is 0 Å². The summed E-state index contributed by atoms with van der Waals surface area (Å²) in [5.41, 5.74) is -0.0474. The van der Waals surface area contributed by atoms with Crippen LogP contribution in [0.1, 0.15) is 41.9 Å². The van der Waals surface area contributed by atoms with Crippen LogP contribution < -0.4 is 5.76 Å². The van der Waals surface area contributed by atoms with E-state index in [-0.39, 0.29) is 17.9 Å². The Morgan fingerprint density at radius 1 is 1.14 bits per heavy atom. The van der Waals surface area contributed by atoms with Crippen molar-refractivity contribution in [1.29, 1.82) is 0 Å². The van der Waals surface area contributed by atoms with Crippen LogP contribution in [0.5, 0.6) is 0 Å². The molecule has 188 valence electrons. The number of halogens is 4. The van der Waals surface area contributed by atoms with Gasteiger partial charge in [0.15, 0.2) is 0 Å². The first-order valence-corrected chi connectivity index (χ1v) is 12.5. The number of alkyl halides is 1. The van der Waals surface area contributed by atoms with E-state index in [0.29, 0.717) is 29.4 Å². The van der Waals surface area contributed by atoms with Crippen LogP contribution in [0.15, 0.2) is 57.1 Å². The molecule has 0 bridgehead atoms. The molecule has 2 aromatic heterocycles. The standard InChI is InChI=1S/C25H22ClF3N4O2S/c1-25(2,29)20(14-7-17(27)9-18(28)8-14)15-10-33(11-15)21(13-3-5-16(26)6-4-13)23-30-19(12-36-23)22-31-32-24(34)35-22/h3-9,12,15,20-21H,10-11H2,1-2H3,(H,32,34)/t20?,21-/m0/s1. The van der Waals surface area contributed by atoms with Gasteiger partial charge in [-0.15, -0.1) is 16.4 Å². The number of aromatic nitrogens is 3. The quantitative estimate of drug-likeness (QED) is 0.316. The highest BCUT2D eigenvalue weighted by atomic mass is 35.5. The van der Waals surface area contributed by atoms with Gasteiger partial charge in [0.25, 0.3) is 5.89 Å². The Kier molecular flexibility index (Phi) is 6.52. The normalized spacial score (nSPS) is 16.6. The SMILES string of the molecule is CC(C)(F)C(c1cc(F)cc(F)c1)C1CN([C@@H](c2ccc(Cl)cc2)c2nc(-c3n[nH]c(=O)o3)cs2)C1. The summed E-state index contributed by atoms with van der Waals surface area (Å²) in [5, 5.41) is 9.12. The van der Waals surface area contributed by atoms with E-state index in [1.54, 1.807) is 17.5 Å². The lowest BCUT2D eigenvalue weighted by atomic mass is 9.72. The Morgan fingerprint density at radius 3 is 2.39 bits per heavy atom. The lowest BCUT2D eigenvalue weighted by Gasteiger charge is -2.49. The van der Waals surface area contributed by atoms with Crippen molar-refractivity contribution in [3.05, 3.63) is 91.2 Å². The Hall–Kier alpha value is -2.95. The first-order valence-electron chi connectivity index (χ1n) is 11.2. The van der Waals surface area contributed by atoms with Crippen molar-refractivity contribution in [2.45, 2.75) is 31.5 Å². The minimum atomic E-state index is -1.70. The smallest absolute Gasteiger partial charge is 0.386 e. The van der Waals surface area contributed by atoms with Crippen molar-refractivity contribution in [2.75, 3.05) is 13.1 Å². The van der Waals surface area contributed by atoms with E-state index in [1.807, 2.05) is 12.1 Å². The van der Waals surface area contributed by atoms with Gasteiger partial charge in [-0.1, -0.05) is 23.7 Å². The highest BCUT2D eigenvalue weighted by molar-refractivity contribution is 7.10. The lowest BCUT2D eigenvalue weighted by Crippen LogP contribution is -2.53. The third-order valence-corrected chi connectivity index (χ3v) is 7.51. The van der Waals surface area contributed by atoms with Gasteiger partial charge in [0.2, 0.25) is 0 Å². The fraction of sp³-hybridized carbons (Fsp3) is 0.320. The van der Waals surface area contributed by atoms with Gasteiger partial charge in [-0.2, -0.15) is 0 Å². The number of likely N-dealkylation sites (tertiary alicyclic amines) is 1. The molecule has 3 heterocycles. The predicted molar refractivity (Wildman–Crippen MR) is 131 cm³/mol. The van der Waals surface area contributed by atoms with Crippen LogP contribution in [0, 0.1) is 17.6 Å². The first-order chi connectivity index (χ1) is 17.1. The molecule has 1 aliphatic rings. The molecule has 4 aromatic rings. The van der Waals surface area contributed by atoms with Gasteiger partial charge in [-0.3, -0.25) is 4.90 Å². The summed E-state index contributed by atoms with van der Waals surface area (Å²) in [4.78, 5) is 18.1. The maximum Gasteiger partial charge on any atom is 0.434 e. The van der Waals surface area contributed by atoms with Crippen LogP contribution in [0.3, 0.4) is 0 Å². The van der Waals surface area contributed by atoms with Crippen molar-refractivity contribution in [1.82, 2.24) is 20.1 Å². The average molecular weight is 535 g/mol. The number of nitrogens with zero attached hydrogens (tertiary/aromatic N) is 3. The molecule has 2 atom stereocenters. The van der Waals surface area contributed by atoms with E-state index in [0.717, 1.165) is 16.6 Å². The zero-order chi connectivity index (χ0) is 25.6. The lowest BCUT2D eigenvalue weighted by molar-refractivity contribution is 0.00802. The second-order valence-corrected chi connectivity index (χ2v) is 10.7. The van der Waals surface area contributed by atoms with Gasteiger partial charge in [0.05, 0.1) is 6.04 Å². The summed E-state index contributed by atoms with van der Waals surface area (Å²) in [6.45, 7) is 3.83. The maximum absolute atomic E-state index is 15.4. The zero-order valence-electron chi connectivity index (χ0n) is 19.3. The van der Waals surface area contributed by atoms with Crippen LogP contribution in [-0.2, 0) is 0 Å². The highest BCUT2D eigenvalue weighted by Crippen LogP contribution is 2.46. The van der Waals surface area contributed by atoms with E-state index in [9.17, 15) is 13.6 Å². The first kappa shape index (κ1) is 24.7. The zero-order valence-corrected chi connectivity index (χ0v) is 20.9. The molecule has 0 saturated carbocycles. The molecule has 0 aliphatic carbocycles. The van der Waals surface area contributed by atoms with E-state index >= 15 is 4.39 Å². The summed E-state index contributed by atoms with van der Waals surface area (Å²) >= 11 is 7.48. The molecule has 1 unspecified atom stereocenters. The number of nitrogens with one attached hydrogen (secondary N) is 1. The molecule has 6 nitrogen and oxygen atoms in total. The fourth-order valence-electron chi connectivity index (χ4n) is 4.96. The molecule has 1 N–H and O–H groups in total. The Bertz CT molecular complexity index is 1400. The molecule has 1 fully saturated rings. The molecule has 0 radical (unpaired) electrons. The van der Waals surface area contributed by atoms with Crippen molar-refractivity contribution < 1.29 is 17.6 Å². The second kappa shape index (κ2) is 9.49. The topological polar surface area (TPSA) is 75.0 Å². The van der Waals surface area contributed by atoms with Crippen LogP contribution in [0.25, 0.3) is 11.6 Å². The summed E-state index contributed by atoms with van der Waals surface area (Å²) < 4.78 is 48.3. The van der Waals surface area contributed by atoms with E-state index in [4.69, 9.17) is 16.0 Å². The number of benzene rings is 2. The molecular weight excluding hydrogens is 513 g/mol. The van der Waals surface area contributed by atoms with E-state index in [1.165, 1.54) is 37.3 Å². The van der Waals surface area contributed by atoms with E-state index < -0.39 is 29.0 Å². The van der Waals surface area contributed by atoms with Crippen molar-refractivity contribution >= 4 is 22.9 Å². The van der Waals surface area contributed by atoms with Crippen LogP contribution in [-0.4, -0.2) is 38.8 Å². The van der Waals surface area contributed by atoms with Crippen molar-refractivity contribution in [3.8, 4) is 11.6 Å². The minimum Gasteiger partial charge on any atom is -0.386 e. The molecule has 36 heavy (non-hydrogen) atoms. The Morgan fingerprint density at radius 2 is 1.81 bits per heavy atom. The van der Waals surface area contributed by atoms with Gasteiger partial charge >= 0.3 is 5.76 Å². The van der Waals surface area contributed by atoms with Gasteiger partial charge in [-0.05, 0) is 55.2 Å². The average Bonchev–Trinajstić information content (AvgIpc) is 3.41. The van der Waals surface area contributed by atoms with Crippen LogP contribution in [0.2, 0.25) is 5.02 Å². The number of thiazole rings is 1. The molecule has 11 heteroatoms. The monoisotopic (exact) mass is 534 g/mol. The summed E-state index contributed by atoms with van der Waals surface area (Å²) in [6, 6.07) is 10.3. The summed E-state index contributed by atoms with van der Waals surface area (Å²) in [5.74, 6) is -2.91. The van der Waals surface area contributed by atoms with Crippen LogP contribution >= 0.6 is 22.9 Å². The molecule has 5 rings (SSSR count). The molecule has 0 spiro atoms. The Balaban J connectivity index is 1.45. The number of rotatable bonds is 7. The van der Waals surface area contributed by atoms with E-state index in [2.05, 4.69) is 20.1 Å². The summed E-state index contributed by atoms with van der Waals surface area (Å²) in [7, 11) is 0. The molecule has 0 amide bonds. The minimum absolute atomic E-state index is 0.0891. The third-order valence-electron chi connectivity index (χ3n) is 6.36. The molecule has 1 saturated heterocycles. The highest BCUT2D eigenvalue weighted by Gasteiger charge is 2.46. The number of hydrogen-bond donors (Lipinski definition) is 1. The fourth-order valence-corrected chi connectivity index (χ4v) is 6.04. The molecule has 2 aromatic carbocycles. The Labute approximate surface area is 213 Å². The van der Waals surface area contributed by atoms with Gasteiger partial charge < -0.3 is 4.42 Å². The van der Waals surface area contributed by atoms with Crippen molar-refractivity contribution in [2.24, 2.45) is 5.92 Å². The number of aromatic amines is 1. The van der Waals surface area contributed by atoms with Gasteiger partial charge in [-0.25, -0.2) is 28.0 Å². The number of H-pyrrole nitrogens is 1. The van der Waals surface area contributed by atoms with Gasteiger partial charge in [0.1, 0.15) is 28.0 Å². The second-order valence-electron chi connectivity index (χ2n) is 9.40. The van der Waals surface area contributed by atoms with Gasteiger partial charge in [0, 0.05) is 35.5 Å². The largest absolute Gasteiger partial charge is 0.434 e. The predicted octanol–water partition coefficient (Wildman–Crippen LogP) is 5.97. The molecular formula is C25H22ClF3N4O2S. The number of hydrogen-bond acceptors (Lipinski definition) is 6. The summed E-state index contributed by atoms with van der Waals surface area (Å²) in [6.07, 6.45) is 0.